The highest BCUT2D eigenvalue weighted by atomic mass is 33.1. The lowest BCUT2D eigenvalue weighted by molar-refractivity contribution is -0.121. The average Bonchev–Trinajstić information content (AvgIpc) is 3.46. The van der Waals surface area contributed by atoms with E-state index in [1.165, 1.54) is 34.2 Å². The summed E-state index contributed by atoms with van der Waals surface area (Å²) in [6.45, 7) is 1.02. The zero-order chi connectivity index (χ0) is 21.6. The van der Waals surface area contributed by atoms with Crippen LogP contribution in [0.2, 0.25) is 0 Å². The van der Waals surface area contributed by atoms with Crippen LogP contribution in [-0.2, 0) is 9.59 Å². The molecule has 30 heavy (non-hydrogen) atoms. The standard InChI is InChI=1S/C18H24N6O4S2/c25-15(1-3-17(27)23-9-5-19-13-23)21-7-11-29-30-12-8-22-16(26)2-4-18(28)24-10-6-20-14-24/h5-6,9-10,13-14H,1-4,7-8,11-12H2,(H,21,25)(H,22,26). The van der Waals surface area contributed by atoms with E-state index in [-0.39, 0.29) is 49.3 Å². The molecule has 0 radical (unpaired) electrons. The fourth-order valence-electron chi connectivity index (χ4n) is 2.27. The summed E-state index contributed by atoms with van der Waals surface area (Å²) in [5.74, 6) is 0.790. The van der Waals surface area contributed by atoms with E-state index in [0.717, 1.165) is 11.5 Å². The van der Waals surface area contributed by atoms with Crippen molar-refractivity contribution in [2.24, 2.45) is 0 Å². The SMILES string of the molecule is O=C(CCC(=O)n1ccnc1)NCCSSCCNC(=O)CCC(=O)n1ccnc1. The second kappa shape index (κ2) is 13.6. The molecule has 0 fully saturated rings. The second-order valence-corrected chi connectivity index (χ2v) is 8.77. The third-order valence-corrected chi connectivity index (χ3v) is 6.22. The smallest absolute Gasteiger partial charge is 0.232 e. The summed E-state index contributed by atoms with van der Waals surface area (Å²) < 4.78 is 2.71. The molecule has 2 rings (SSSR count). The number of amides is 2. The second-order valence-electron chi connectivity index (χ2n) is 6.07. The third-order valence-electron chi connectivity index (χ3n) is 3.82. The van der Waals surface area contributed by atoms with Crippen LogP contribution in [0, 0.1) is 0 Å². The number of hydrogen-bond acceptors (Lipinski definition) is 8. The molecule has 0 saturated heterocycles. The van der Waals surface area contributed by atoms with Gasteiger partial charge in [0.15, 0.2) is 0 Å². The predicted octanol–water partition coefficient (Wildman–Crippen LogP) is 1.23. The molecule has 12 heteroatoms. The molecule has 2 aromatic heterocycles. The van der Waals surface area contributed by atoms with Crippen molar-refractivity contribution < 1.29 is 19.2 Å². The molecule has 0 saturated carbocycles. The van der Waals surface area contributed by atoms with E-state index < -0.39 is 0 Å². The molecular weight excluding hydrogens is 428 g/mol. The number of imidazole rings is 2. The maximum absolute atomic E-state index is 11.7. The van der Waals surface area contributed by atoms with Crippen molar-refractivity contribution in [3.63, 3.8) is 0 Å². The Labute approximate surface area is 182 Å². The molecule has 0 spiro atoms. The molecule has 0 unspecified atom stereocenters. The first-order chi connectivity index (χ1) is 14.6. The average molecular weight is 453 g/mol. The van der Waals surface area contributed by atoms with E-state index in [4.69, 9.17) is 0 Å². The highest BCUT2D eigenvalue weighted by Gasteiger charge is 2.09. The quantitative estimate of drug-likeness (QED) is 0.343. The molecule has 2 amide bonds. The van der Waals surface area contributed by atoms with E-state index in [0.29, 0.717) is 13.1 Å². The van der Waals surface area contributed by atoms with Gasteiger partial charge in [-0.1, -0.05) is 21.6 Å². The summed E-state index contributed by atoms with van der Waals surface area (Å²) in [6, 6.07) is 0. The molecule has 2 heterocycles. The fourth-order valence-corrected chi connectivity index (χ4v) is 4.08. The van der Waals surface area contributed by atoms with Crippen LogP contribution < -0.4 is 10.6 Å². The Balaban J connectivity index is 1.39. The van der Waals surface area contributed by atoms with Gasteiger partial charge in [-0.2, -0.15) is 0 Å². The molecule has 162 valence electrons. The molecule has 0 aliphatic carbocycles. The van der Waals surface area contributed by atoms with Gasteiger partial charge in [0.1, 0.15) is 12.7 Å². The van der Waals surface area contributed by atoms with Crippen LogP contribution in [0.15, 0.2) is 37.4 Å². The zero-order valence-electron chi connectivity index (χ0n) is 16.4. The van der Waals surface area contributed by atoms with E-state index in [2.05, 4.69) is 20.6 Å². The van der Waals surface area contributed by atoms with E-state index >= 15 is 0 Å². The number of aromatic nitrogens is 4. The van der Waals surface area contributed by atoms with E-state index in [1.807, 2.05) is 0 Å². The number of carbonyl (C=O) groups excluding carboxylic acids is 4. The lowest BCUT2D eigenvalue weighted by Gasteiger charge is -2.06. The molecule has 2 aromatic rings. The maximum atomic E-state index is 11.7. The van der Waals surface area contributed by atoms with E-state index in [1.54, 1.807) is 34.0 Å². The minimum Gasteiger partial charge on any atom is -0.355 e. The number of nitrogens with one attached hydrogen (secondary N) is 2. The minimum atomic E-state index is -0.166. The molecule has 0 aliphatic rings. The molecule has 10 nitrogen and oxygen atoms in total. The highest BCUT2D eigenvalue weighted by Crippen LogP contribution is 2.19. The lowest BCUT2D eigenvalue weighted by Crippen LogP contribution is -2.27. The topological polar surface area (TPSA) is 128 Å². The molecule has 0 aromatic carbocycles. The monoisotopic (exact) mass is 452 g/mol. The van der Waals surface area contributed by atoms with E-state index in [9.17, 15) is 19.2 Å². The first kappa shape index (κ1) is 23.7. The number of hydrogen-bond donors (Lipinski definition) is 2. The summed E-state index contributed by atoms with van der Waals surface area (Å²) in [4.78, 5) is 54.5. The predicted molar refractivity (Wildman–Crippen MR) is 115 cm³/mol. The maximum Gasteiger partial charge on any atom is 0.232 e. The molecule has 0 bridgehead atoms. The molecule has 2 N–H and O–H groups in total. The van der Waals surface area contributed by atoms with Crippen LogP contribution in [0.5, 0.6) is 0 Å². The van der Waals surface area contributed by atoms with Crippen molar-refractivity contribution in [1.29, 1.82) is 0 Å². The molecular formula is C18H24N6O4S2. The summed E-state index contributed by atoms with van der Waals surface area (Å²) in [7, 11) is 3.19. The van der Waals surface area contributed by atoms with Gasteiger partial charge in [0.2, 0.25) is 23.6 Å². The molecule has 0 atom stereocenters. The summed E-state index contributed by atoms with van der Waals surface area (Å²) in [5, 5.41) is 5.55. The van der Waals surface area contributed by atoms with Crippen molar-refractivity contribution in [1.82, 2.24) is 29.7 Å². The fraction of sp³-hybridized carbons (Fsp3) is 0.444. The van der Waals surface area contributed by atoms with Crippen molar-refractivity contribution in [2.75, 3.05) is 24.6 Å². The van der Waals surface area contributed by atoms with Crippen molar-refractivity contribution in [3.05, 3.63) is 37.4 Å². The van der Waals surface area contributed by atoms with Crippen LogP contribution in [0.4, 0.5) is 0 Å². The Bertz CT molecular complexity index is 743. The van der Waals surface area contributed by atoms with Gasteiger partial charge < -0.3 is 10.6 Å². The highest BCUT2D eigenvalue weighted by molar-refractivity contribution is 8.76. The van der Waals surface area contributed by atoms with Gasteiger partial charge in [0.25, 0.3) is 0 Å². The summed E-state index contributed by atoms with van der Waals surface area (Å²) in [5.41, 5.74) is 0. The first-order valence-electron chi connectivity index (χ1n) is 9.36. The Kier molecular flexibility index (Phi) is 10.7. The first-order valence-corrected chi connectivity index (χ1v) is 11.8. The van der Waals surface area contributed by atoms with Crippen LogP contribution in [0.3, 0.4) is 0 Å². The molecule has 0 aliphatic heterocycles. The van der Waals surface area contributed by atoms with Gasteiger partial charge in [0, 0.05) is 75.1 Å². The van der Waals surface area contributed by atoms with Crippen LogP contribution >= 0.6 is 21.6 Å². The zero-order valence-corrected chi connectivity index (χ0v) is 18.0. The number of rotatable bonds is 13. The number of carbonyl (C=O) groups is 4. The van der Waals surface area contributed by atoms with Crippen LogP contribution in [0.1, 0.15) is 35.3 Å². The Hall–Kier alpha value is -2.60. The van der Waals surface area contributed by atoms with Crippen LogP contribution in [-0.4, -0.2) is 67.3 Å². The number of nitrogens with zero attached hydrogens (tertiary/aromatic N) is 4. The Morgan fingerprint density at radius 3 is 1.50 bits per heavy atom. The van der Waals surface area contributed by atoms with Crippen LogP contribution in [0.25, 0.3) is 0 Å². The largest absolute Gasteiger partial charge is 0.355 e. The normalized spacial score (nSPS) is 10.5. The van der Waals surface area contributed by atoms with Gasteiger partial charge in [-0.3, -0.25) is 28.3 Å². The third kappa shape index (κ3) is 9.27. The lowest BCUT2D eigenvalue weighted by atomic mass is 10.3. The van der Waals surface area contributed by atoms with Gasteiger partial charge in [-0.15, -0.1) is 0 Å². The van der Waals surface area contributed by atoms with Gasteiger partial charge >= 0.3 is 0 Å². The van der Waals surface area contributed by atoms with Gasteiger partial charge in [-0.05, 0) is 0 Å². The van der Waals surface area contributed by atoms with Crippen molar-refractivity contribution in [2.45, 2.75) is 25.7 Å². The van der Waals surface area contributed by atoms with Crippen molar-refractivity contribution >= 4 is 45.2 Å². The minimum absolute atomic E-state index is 0.137. The summed E-state index contributed by atoms with van der Waals surface area (Å²) >= 11 is 0. The van der Waals surface area contributed by atoms with Gasteiger partial charge in [-0.25, -0.2) is 9.97 Å². The summed E-state index contributed by atoms with van der Waals surface area (Å²) in [6.07, 6.45) is 9.53. The van der Waals surface area contributed by atoms with Gasteiger partial charge in [0.05, 0.1) is 0 Å². The Morgan fingerprint density at radius 2 is 1.13 bits per heavy atom. The van der Waals surface area contributed by atoms with Crippen molar-refractivity contribution in [3.8, 4) is 0 Å². The Morgan fingerprint density at radius 1 is 0.700 bits per heavy atom.